The van der Waals surface area contributed by atoms with E-state index >= 15 is 0 Å². The highest BCUT2D eigenvalue weighted by atomic mass is 16.5. The molecular formula is C23H25NO5. The third-order valence-corrected chi connectivity index (χ3v) is 5.91. The van der Waals surface area contributed by atoms with E-state index in [4.69, 9.17) is 4.74 Å². The molecule has 1 heterocycles. The van der Waals surface area contributed by atoms with Crippen LogP contribution in [0.5, 0.6) is 5.75 Å². The van der Waals surface area contributed by atoms with Crippen molar-refractivity contribution < 1.29 is 24.2 Å². The summed E-state index contributed by atoms with van der Waals surface area (Å²) in [5, 5.41) is 9.50. The third-order valence-electron chi connectivity index (χ3n) is 5.91. The zero-order chi connectivity index (χ0) is 20.5. The van der Waals surface area contributed by atoms with Crippen molar-refractivity contribution in [2.45, 2.75) is 51.4 Å². The number of hydrogen-bond donors (Lipinski definition) is 1. The van der Waals surface area contributed by atoms with Gasteiger partial charge in [0, 0.05) is 46.9 Å². The minimum atomic E-state index is -0.965. The van der Waals surface area contributed by atoms with E-state index in [0.29, 0.717) is 62.0 Å². The Kier molecular flexibility index (Phi) is 5.26. The molecule has 4 rings (SSSR count). The molecule has 6 heteroatoms. The zero-order valence-electron chi connectivity index (χ0n) is 16.6. The van der Waals surface area contributed by atoms with Crippen LogP contribution in [0.2, 0.25) is 0 Å². The number of rotatable bonds is 5. The van der Waals surface area contributed by atoms with E-state index in [0.717, 1.165) is 17.0 Å². The number of para-hydroxylation sites is 1. The molecule has 2 aliphatic carbocycles. The highest BCUT2D eigenvalue weighted by Gasteiger charge is 2.44. The fourth-order valence-electron chi connectivity index (χ4n) is 4.86. The molecule has 0 fully saturated rings. The average molecular weight is 395 g/mol. The lowest BCUT2D eigenvalue weighted by molar-refractivity contribution is -0.138. The van der Waals surface area contributed by atoms with Gasteiger partial charge in [-0.15, -0.1) is 0 Å². The summed E-state index contributed by atoms with van der Waals surface area (Å²) in [6, 6.07) is 7.55. The molecule has 0 aromatic heterocycles. The van der Waals surface area contributed by atoms with E-state index in [-0.39, 0.29) is 18.1 Å². The largest absolute Gasteiger partial charge is 0.494 e. The van der Waals surface area contributed by atoms with Crippen molar-refractivity contribution in [1.82, 2.24) is 4.90 Å². The molecule has 1 N–H and O–H groups in total. The molecule has 152 valence electrons. The molecule has 0 spiro atoms. The number of carboxylic acid groups (broad SMARTS) is 1. The van der Waals surface area contributed by atoms with Gasteiger partial charge in [0.1, 0.15) is 12.3 Å². The monoisotopic (exact) mass is 395 g/mol. The lowest BCUT2D eigenvalue weighted by Gasteiger charge is -2.43. The first-order chi connectivity index (χ1) is 14.0. The summed E-state index contributed by atoms with van der Waals surface area (Å²) in [7, 11) is 0. The Morgan fingerprint density at radius 1 is 1.03 bits per heavy atom. The van der Waals surface area contributed by atoms with Gasteiger partial charge in [-0.1, -0.05) is 18.2 Å². The molecule has 0 bridgehead atoms. The summed E-state index contributed by atoms with van der Waals surface area (Å²) in [6.07, 6.45) is 3.53. The molecule has 0 saturated carbocycles. The summed E-state index contributed by atoms with van der Waals surface area (Å²) in [6.45, 7) is 2.16. The van der Waals surface area contributed by atoms with Crippen LogP contribution < -0.4 is 4.74 Å². The molecule has 1 aromatic rings. The van der Waals surface area contributed by atoms with Crippen LogP contribution in [0.25, 0.3) is 0 Å². The molecule has 6 nitrogen and oxygen atoms in total. The third kappa shape index (κ3) is 3.37. The second-order valence-electron chi connectivity index (χ2n) is 7.66. The van der Waals surface area contributed by atoms with Gasteiger partial charge in [-0.3, -0.25) is 14.4 Å². The van der Waals surface area contributed by atoms with Crippen molar-refractivity contribution in [3.8, 4) is 5.75 Å². The van der Waals surface area contributed by atoms with E-state index in [1.807, 2.05) is 31.2 Å². The number of ketones is 2. The Morgan fingerprint density at radius 2 is 1.62 bits per heavy atom. The predicted octanol–water partition coefficient (Wildman–Crippen LogP) is 3.58. The van der Waals surface area contributed by atoms with Gasteiger partial charge in [-0.2, -0.15) is 0 Å². The minimum Gasteiger partial charge on any atom is -0.494 e. The maximum absolute atomic E-state index is 13.1. The quantitative estimate of drug-likeness (QED) is 0.820. The molecular weight excluding hydrogens is 370 g/mol. The highest BCUT2D eigenvalue weighted by Crippen LogP contribution is 2.50. The van der Waals surface area contributed by atoms with E-state index < -0.39 is 11.9 Å². The van der Waals surface area contributed by atoms with Crippen LogP contribution >= 0.6 is 0 Å². The fourth-order valence-corrected chi connectivity index (χ4v) is 4.86. The molecule has 3 aliphatic rings. The van der Waals surface area contributed by atoms with Crippen LogP contribution in [0.3, 0.4) is 0 Å². The van der Waals surface area contributed by atoms with Crippen LogP contribution in [0.15, 0.2) is 46.8 Å². The Hall–Kier alpha value is -2.89. The first-order valence-corrected chi connectivity index (χ1v) is 10.3. The number of carbonyl (C=O) groups is 3. The molecule has 0 saturated heterocycles. The Labute approximate surface area is 169 Å². The summed E-state index contributed by atoms with van der Waals surface area (Å²) >= 11 is 0. The number of aliphatic carboxylic acids is 1. The number of benzene rings is 1. The fraction of sp³-hybridized carbons (Fsp3) is 0.435. The number of carboxylic acids is 1. The van der Waals surface area contributed by atoms with Crippen molar-refractivity contribution >= 4 is 17.5 Å². The van der Waals surface area contributed by atoms with Crippen LogP contribution in [-0.4, -0.2) is 40.7 Å². The molecule has 29 heavy (non-hydrogen) atoms. The number of nitrogens with zero attached hydrogens (tertiary/aromatic N) is 1. The van der Waals surface area contributed by atoms with Gasteiger partial charge in [0.2, 0.25) is 0 Å². The van der Waals surface area contributed by atoms with Crippen LogP contribution in [-0.2, 0) is 14.4 Å². The van der Waals surface area contributed by atoms with Crippen molar-refractivity contribution in [3.05, 3.63) is 52.4 Å². The summed E-state index contributed by atoms with van der Waals surface area (Å²) in [4.78, 5) is 39.5. The Balaban J connectivity index is 1.97. The number of carbonyl (C=O) groups excluding carboxylic acids is 2. The topological polar surface area (TPSA) is 83.9 Å². The van der Waals surface area contributed by atoms with Crippen LogP contribution in [0.1, 0.15) is 56.9 Å². The second-order valence-corrected chi connectivity index (χ2v) is 7.66. The van der Waals surface area contributed by atoms with Crippen LogP contribution in [0, 0.1) is 0 Å². The Morgan fingerprint density at radius 3 is 2.17 bits per heavy atom. The second kappa shape index (κ2) is 7.85. The molecule has 0 amide bonds. The van der Waals surface area contributed by atoms with Gasteiger partial charge in [0.25, 0.3) is 0 Å². The summed E-state index contributed by atoms with van der Waals surface area (Å²) < 4.78 is 5.84. The number of ether oxygens (including phenoxy) is 1. The van der Waals surface area contributed by atoms with Gasteiger partial charge >= 0.3 is 5.97 Å². The summed E-state index contributed by atoms with van der Waals surface area (Å²) in [5.74, 6) is -0.769. The van der Waals surface area contributed by atoms with Gasteiger partial charge in [0.05, 0.1) is 6.61 Å². The summed E-state index contributed by atoms with van der Waals surface area (Å²) in [5.41, 5.74) is 3.52. The van der Waals surface area contributed by atoms with E-state index in [9.17, 15) is 19.5 Å². The van der Waals surface area contributed by atoms with Gasteiger partial charge in [-0.25, -0.2) is 0 Å². The maximum atomic E-state index is 13.1. The van der Waals surface area contributed by atoms with Gasteiger partial charge < -0.3 is 14.7 Å². The van der Waals surface area contributed by atoms with Crippen molar-refractivity contribution in [2.75, 3.05) is 13.2 Å². The van der Waals surface area contributed by atoms with Crippen LogP contribution in [0.4, 0.5) is 0 Å². The average Bonchev–Trinajstić information content (AvgIpc) is 2.69. The Bertz CT molecular complexity index is 898. The first kappa shape index (κ1) is 19.4. The van der Waals surface area contributed by atoms with Crippen molar-refractivity contribution in [3.63, 3.8) is 0 Å². The lowest BCUT2D eigenvalue weighted by Crippen LogP contribution is -2.41. The minimum absolute atomic E-state index is 0.00265. The van der Waals surface area contributed by atoms with Crippen molar-refractivity contribution in [2.24, 2.45) is 0 Å². The molecule has 1 aliphatic heterocycles. The first-order valence-electron chi connectivity index (χ1n) is 10.3. The van der Waals surface area contributed by atoms with E-state index in [1.165, 1.54) is 0 Å². The highest BCUT2D eigenvalue weighted by molar-refractivity contribution is 6.06. The number of Topliss-reactive ketones (excluding diaryl/α,β-unsaturated/α-hetero) is 2. The van der Waals surface area contributed by atoms with Gasteiger partial charge in [0.15, 0.2) is 11.6 Å². The molecule has 0 atom stereocenters. The lowest BCUT2D eigenvalue weighted by atomic mass is 9.70. The SMILES string of the molecule is CCOc1ccccc1C1C2=C(CCCC2=O)N(CC(=O)O)C2=C1C(=O)CCC2. The van der Waals surface area contributed by atoms with E-state index in [1.54, 1.807) is 4.90 Å². The zero-order valence-corrected chi connectivity index (χ0v) is 16.6. The van der Waals surface area contributed by atoms with E-state index in [2.05, 4.69) is 0 Å². The smallest absolute Gasteiger partial charge is 0.323 e. The normalized spacial score (nSPS) is 20.0. The number of hydrogen-bond acceptors (Lipinski definition) is 5. The standard InChI is InChI=1S/C23H25NO5/c1-2-29-19-12-4-3-7-14(19)21-22-15(8-5-10-17(22)25)24(13-20(27)28)16-9-6-11-18(26)23(16)21/h3-4,7,12,21H,2,5-6,8-11,13H2,1H3,(H,27,28). The maximum Gasteiger partial charge on any atom is 0.323 e. The predicted molar refractivity (Wildman–Crippen MR) is 106 cm³/mol. The van der Waals surface area contributed by atoms with Crippen molar-refractivity contribution in [1.29, 1.82) is 0 Å². The molecule has 0 unspecified atom stereocenters. The molecule has 0 radical (unpaired) electrons. The number of allylic oxidation sites excluding steroid dienone is 4. The molecule has 1 aromatic carbocycles. The van der Waals surface area contributed by atoms with Gasteiger partial charge in [-0.05, 0) is 38.7 Å².